The van der Waals surface area contributed by atoms with Gasteiger partial charge < -0.3 is 39.2 Å². The van der Waals surface area contributed by atoms with Gasteiger partial charge in [0.2, 0.25) is 11.8 Å². The molecule has 0 aromatic heterocycles. The molecular weight excluding hydrogens is 702 g/mol. The van der Waals surface area contributed by atoms with E-state index in [0.29, 0.717) is 41.8 Å². The number of aliphatic hydroxyl groups is 1. The smallest absolute Gasteiger partial charge is 0.313 e. The first-order valence-electron chi connectivity index (χ1n) is 18.6. The molecule has 3 aromatic carbocycles. The summed E-state index contributed by atoms with van der Waals surface area (Å²) < 4.78 is 23.9. The van der Waals surface area contributed by atoms with Gasteiger partial charge in [-0.15, -0.1) is 13.2 Å². The number of amides is 3. The van der Waals surface area contributed by atoms with E-state index in [9.17, 15) is 14.7 Å². The molecule has 3 aromatic rings. The SMILES string of the molecule is C=CCCC(=O)N[C@H](COC)[C@H](OC(=O)[C@@H]1[C@H]2C(=O)N([C@H](CO)c3ccccc3)[C@H](C(=O)N(CC=C)c3ccc(OC)cc3)[C@]23CC[C@H]1O3)c1ccccc1. The van der Waals surface area contributed by atoms with Gasteiger partial charge in [0.25, 0.3) is 5.91 Å². The average molecular weight is 752 g/mol. The molecule has 12 heteroatoms. The highest BCUT2D eigenvalue weighted by Gasteiger charge is 2.76. The van der Waals surface area contributed by atoms with Crippen molar-refractivity contribution < 1.29 is 43.2 Å². The average Bonchev–Trinajstić information content (AvgIpc) is 3.86. The van der Waals surface area contributed by atoms with Crippen molar-refractivity contribution in [3.05, 3.63) is 121 Å². The molecule has 2 N–H and O–H groups in total. The van der Waals surface area contributed by atoms with Crippen LogP contribution in [0.1, 0.15) is 49.0 Å². The predicted octanol–water partition coefficient (Wildman–Crippen LogP) is 4.70. The van der Waals surface area contributed by atoms with Gasteiger partial charge in [0.1, 0.15) is 23.5 Å². The number of anilines is 1. The normalized spacial score (nSPS) is 24.0. The number of rotatable bonds is 18. The second kappa shape index (κ2) is 17.4. The zero-order chi connectivity index (χ0) is 39.1. The van der Waals surface area contributed by atoms with Crippen LogP contribution in [0.3, 0.4) is 0 Å². The summed E-state index contributed by atoms with van der Waals surface area (Å²) in [4.78, 5) is 60.7. The fraction of sp³-hybridized carbons (Fsp3) is 0.395. The van der Waals surface area contributed by atoms with E-state index >= 15 is 9.59 Å². The van der Waals surface area contributed by atoms with Crippen molar-refractivity contribution in [1.82, 2.24) is 10.2 Å². The minimum atomic E-state index is -1.40. The number of nitrogens with zero attached hydrogens (tertiary/aromatic N) is 2. The number of methoxy groups -OCH3 is 2. The van der Waals surface area contributed by atoms with Crippen LogP contribution in [0.15, 0.2) is 110 Å². The maximum Gasteiger partial charge on any atom is 0.313 e. The monoisotopic (exact) mass is 751 g/mol. The van der Waals surface area contributed by atoms with E-state index in [1.807, 2.05) is 12.1 Å². The Morgan fingerprint density at radius 3 is 2.27 bits per heavy atom. The Balaban J connectivity index is 1.40. The Morgan fingerprint density at radius 1 is 1.00 bits per heavy atom. The summed E-state index contributed by atoms with van der Waals surface area (Å²) in [5, 5.41) is 13.9. The fourth-order valence-electron chi connectivity index (χ4n) is 8.49. The number of fused-ring (bicyclic) bond motifs is 1. The summed E-state index contributed by atoms with van der Waals surface area (Å²) in [6.45, 7) is 7.26. The minimum Gasteiger partial charge on any atom is -0.497 e. The van der Waals surface area contributed by atoms with Crippen LogP contribution < -0.4 is 15.0 Å². The molecule has 2 bridgehead atoms. The van der Waals surface area contributed by atoms with Crippen molar-refractivity contribution >= 4 is 29.4 Å². The van der Waals surface area contributed by atoms with Crippen LogP contribution in [0.4, 0.5) is 5.69 Å². The van der Waals surface area contributed by atoms with Crippen molar-refractivity contribution in [1.29, 1.82) is 0 Å². The summed E-state index contributed by atoms with van der Waals surface area (Å²) in [6, 6.07) is 22.1. The van der Waals surface area contributed by atoms with Crippen molar-refractivity contribution in [2.75, 3.05) is 38.9 Å². The number of esters is 1. The van der Waals surface area contributed by atoms with Crippen LogP contribution >= 0.6 is 0 Å². The molecule has 8 atom stereocenters. The molecule has 3 aliphatic rings. The molecule has 3 amide bonds. The molecular formula is C43H49N3O9. The van der Waals surface area contributed by atoms with Crippen LogP contribution in [0, 0.1) is 11.8 Å². The molecule has 3 fully saturated rings. The van der Waals surface area contributed by atoms with Gasteiger partial charge in [-0.25, -0.2) is 0 Å². The van der Waals surface area contributed by atoms with Gasteiger partial charge in [-0.05, 0) is 54.7 Å². The topological polar surface area (TPSA) is 144 Å². The third kappa shape index (κ3) is 7.67. The lowest BCUT2D eigenvalue weighted by atomic mass is 9.70. The number of nitrogens with one attached hydrogen (secondary N) is 1. The molecule has 0 radical (unpaired) electrons. The van der Waals surface area contributed by atoms with Crippen LogP contribution in [0.25, 0.3) is 0 Å². The van der Waals surface area contributed by atoms with Crippen LogP contribution in [-0.4, -0.2) is 91.5 Å². The number of aliphatic hydroxyl groups excluding tert-OH is 1. The molecule has 3 heterocycles. The lowest BCUT2D eigenvalue weighted by molar-refractivity contribution is -0.163. The molecule has 6 rings (SSSR count). The first-order valence-corrected chi connectivity index (χ1v) is 18.6. The third-order valence-electron chi connectivity index (χ3n) is 10.9. The van der Waals surface area contributed by atoms with Gasteiger partial charge >= 0.3 is 5.97 Å². The second-order valence-corrected chi connectivity index (χ2v) is 14.1. The minimum absolute atomic E-state index is 0.0354. The summed E-state index contributed by atoms with van der Waals surface area (Å²) in [7, 11) is 3.05. The van der Waals surface area contributed by atoms with E-state index in [1.54, 1.807) is 92.1 Å². The summed E-state index contributed by atoms with van der Waals surface area (Å²) in [5.41, 5.74) is 0.396. The van der Waals surface area contributed by atoms with Gasteiger partial charge in [0.15, 0.2) is 0 Å². The number of likely N-dealkylation sites (tertiary alicyclic amines) is 1. The maximum atomic E-state index is 15.1. The van der Waals surface area contributed by atoms with Crippen molar-refractivity contribution in [3.63, 3.8) is 0 Å². The van der Waals surface area contributed by atoms with E-state index in [4.69, 9.17) is 18.9 Å². The van der Waals surface area contributed by atoms with E-state index in [0.717, 1.165) is 0 Å². The Bertz CT molecular complexity index is 1840. The van der Waals surface area contributed by atoms with Gasteiger partial charge in [0, 0.05) is 25.8 Å². The predicted molar refractivity (Wildman–Crippen MR) is 205 cm³/mol. The fourth-order valence-corrected chi connectivity index (χ4v) is 8.49. The summed E-state index contributed by atoms with van der Waals surface area (Å²) >= 11 is 0. The number of carbonyl (C=O) groups excluding carboxylic acids is 4. The largest absolute Gasteiger partial charge is 0.497 e. The molecule has 290 valence electrons. The highest BCUT2D eigenvalue weighted by molar-refractivity contribution is 6.05. The van der Waals surface area contributed by atoms with Gasteiger partial charge in [-0.2, -0.15) is 0 Å². The van der Waals surface area contributed by atoms with Crippen LogP contribution in [-0.2, 0) is 33.4 Å². The molecule has 12 nitrogen and oxygen atoms in total. The number of benzene rings is 3. The van der Waals surface area contributed by atoms with Crippen LogP contribution in [0.2, 0.25) is 0 Å². The van der Waals surface area contributed by atoms with Gasteiger partial charge in [0.05, 0.1) is 50.3 Å². The Kier molecular flexibility index (Phi) is 12.5. The number of hydrogen-bond acceptors (Lipinski definition) is 9. The van der Waals surface area contributed by atoms with Gasteiger partial charge in [-0.1, -0.05) is 72.8 Å². The van der Waals surface area contributed by atoms with E-state index < -0.39 is 72.2 Å². The molecule has 3 aliphatic heterocycles. The van der Waals surface area contributed by atoms with Crippen molar-refractivity contribution in [2.24, 2.45) is 11.8 Å². The first-order chi connectivity index (χ1) is 26.7. The van der Waals surface area contributed by atoms with Gasteiger partial charge in [-0.3, -0.25) is 19.2 Å². The molecule has 0 saturated carbocycles. The summed E-state index contributed by atoms with van der Waals surface area (Å²) in [5.74, 6) is -3.43. The standard InChI is InChI=1S/C43H49N3O9/c1-5-7-18-35(48)44-32(27-52-3)38(29-16-12-9-13-17-29)54-42(51)36-34-23-24-43(55-34)37(36)40(49)46(33(26-47)28-14-10-8-11-15-28)39(43)41(50)45(25-6-2)30-19-21-31(53-4)22-20-30/h5-6,8-17,19-22,32-34,36-39,47H,1-2,7,18,23-27H2,3-4H3,(H,44,48)/t32-,33-,34-,36+,37+,38-,39-,43+/m1/s1. The highest BCUT2D eigenvalue weighted by atomic mass is 16.6. The van der Waals surface area contributed by atoms with E-state index in [2.05, 4.69) is 18.5 Å². The Morgan fingerprint density at radius 2 is 1.67 bits per heavy atom. The zero-order valence-corrected chi connectivity index (χ0v) is 31.3. The second-order valence-electron chi connectivity index (χ2n) is 14.1. The Labute approximate surface area is 321 Å². The third-order valence-corrected chi connectivity index (χ3v) is 10.9. The first kappa shape index (κ1) is 39.4. The zero-order valence-electron chi connectivity index (χ0n) is 31.3. The number of hydrogen-bond donors (Lipinski definition) is 2. The lowest BCUT2D eigenvalue weighted by Gasteiger charge is -2.39. The van der Waals surface area contributed by atoms with Crippen molar-refractivity contribution in [3.8, 4) is 5.75 Å². The van der Waals surface area contributed by atoms with E-state index in [1.165, 1.54) is 16.9 Å². The Hall–Kier alpha value is -5.30. The molecule has 0 aliphatic carbocycles. The lowest BCUT2D eigenvalue weighted by Crippen LogP contribution is -2.57. The van der Waals surface area contributed by atoms with Crippen molar-refractivity contribution in [2.45, 2.75) is 61.6 Å². The van der Waals surface area contributed by atoms with E-state index in [-0.39, 0.29) is 25.5 Å². The number of carbonyl (C=O) groups is 4. The maximum absolute atomic E-state index is 15.1. The molecule has 1 spiro atoms. The molecule has 0 unspecified atom stereocenters. The number of ether oxygens (including phenoxy) is 4. The quantitative estimate of drug-likeness (QED) is 0.140. The molecule has 55 heavy (non-hydrogen) atoms. The number of allylic oxidation sites excluding steroid dienone is 1. The van der Waals surface area contributed by atoms with Crippen LogP contribution in [0.5, 0.6) is 5.75 Å². The molecule has 3 saturated heterocycles. The highest BCUT2D eigenvalue weighted by Crippen LogP contribution is 2.60. The summed E-state index contributed by atoms with van der Waals surface area (Å²) in [6.07, 6.45) is 2.94.